The number of rotatable bonds is 8. The lowest BCUT2D eigenvalue weighted by Gasteiger charge is -2.08. The number of ether oxygens (including phenoxy) is 2. The largest absolute Gasteiger partial charge is 0.478 e. The van der Waals surface area contributed by atoms with Gasteiger partial charge in [0.25, 0.3) is 0 Å². The van der Waals surface area contributed by atoms with Gasteiger partial charge in [0.05, 0.1) is 24.1 Å². The number of aromatic nitrogens is 1. The monoisotopic (exact) mass is 302 g/mol. The Bertz CT molecular complexity index is 597. The Labute approximate surface area is 128 Å². The van der Waals surface area contributed by atoms with Gasteiger partial charge in [-0.1, -0.05) is 12.1 Å². The minimum Gasteiger partial charge on any atom is -0.478 e. The molecule has 6 heteroatoms. The molecule has 0 aliphatic carbocycles. The molecule has 22 heavy (non-hydrogen) atoms. The van der Waals surface area contributed by atoms with Crippen LogP contribution in [0.4, 0.5) is 5.69 Å². The van der Waals surface area contributed by atoms with Gasteiger partial charge in [0.15, 0.2) is 0 Å². The zero-order valence-corrected chi connectivity index (χ0v) is 12.3. The van der Waals surface area contributed by atoms with Gasteiger partial charge in [-0.05, 0) is 23.8 Å². The van der Waals surface area contributed by atoms with Gasteiger partial charge in [-0.3, -0.25) is 0 Å². The summed E-state index contributed by atoms with van der Waals surface area (Å²) < 4.78 is 10.3. The van der Waals surface area contributed by atoms with E-state index in [2.05, 4.69) is 10.3 Å². The van der Waals surface area contributed by atoms with E-state index in [1.807, 2.05) is 6.07 Å². The highest BCUT2D eigenvalue weighted by atomic mass is 16.5. The average molecular weight is 302 g/mol. The van der Waals surface area contributed by atoms with E-state index in [1.165, 1.54) is 0 Å². The summed E-state index contributed by atoms with van der Waals surface area (Å²) in [6, 6.07) is 10.4. The fourth-order valence-corrected chi connectivity index (χ4v) is 1.77. The smallest absolute Gasteiger partial charge is 0.335 e. The molecule has 0 saturated carbocycles. The normalized spacial score (nSPS) is 10.2. The number of pyridine rings is 1. The zero-order valence-electron chi connectivity index (χ0n) is 12.3. The molecule has 2 rings (SSSR count). The molecule has 0 spiro atoms. The number of methoxy groups -OCH3 is 1. The summed E-state index contributed by atoms with van der Waals surface area (Å²) in [6.45, 7) is 1.58. The van der Waals surface area contributed by atoms with Gasteiger partial charge in [-0.15, -0.1) is 0 Å². The number of carboxylic acid groups (broad SMARTS) is 1. The lowest BCUT2D eigenvalue weighted by atomic mass is 10.1. The number of nitrogens with zero attached hydrogens (tertiary/aromatic N) is 1. The number of anilines is 1. The predicted molar refractivity (Wildman–Crippen MR) is 82.3 cm³/mol. The van der Waals surface area contributed by atoms with E-state index < -0.39 is 5.97 Å². The van der Waals surface area contributed by atoms with Gasteiger partial charge >= 0.3 is 5.97 Å². The highest BCUT2D eigenvalue weighted by Crippen LogP contribution is 2.13. The maximum Gasteiger partial charge on any atom is 0.335 e. The SMILES string of the molecule is COCCOc1ccc(NCc2ccc(C(=O)O)cc2)cn1. The molecule has 0 radical (unpaired) electrons. The van der Waals surface area contributed by atoms with Crippen LogP contribution in [0.2, 0.25) is 0 Å². The van der Waals surface area contributed by atoms with Gasteiger partial charge < -0.3 is 19.9 Å². The standard InChI is InChI=1S/C16H18N2O4/c1-21-8-9-22-15-7-6-14(11-18-15)17-10-12-2-4-13(5-3-12)16(19)20/h2-7,11,17H,8-10H2,1H3,(H,19,20). The summed E-state index contributed by atoms with van der Waals surface area (Å²) in [4.78, 5) is 15.0. The molecule has 0 atom stereocenters. The van der Waals surface area contributed by atoms with E-state index in [0.29, 0.717) is 25.6 Å². The first-order valence-electron chi connectivity index (χ1n) is 6.83. The average Bonchev–Trinajstić information content (AvgIpc) is 2.55. The summed E-state index contributed by atoms with van der Waals surface area (Å²) >= 11 is 0. The molecular weight excluding hydrogens is 284 g/mol. The maximum atomic E-state index is 10.8. The molecule has 0 saturated heterocycles. The van der Waals surface area contributed by atoms with Crippen molar-refractivity contribution in [2.75, 3.05) is 25.6 Å². The Hall–Kier alpha value is -2.60. The molecule has 0 fully saturated rings. The van der Waals surface area contributed by atoms with Crippen molar-refractivity contribution in [2.24, 2.45) is 0 Å². The lowest BCUT2D eigenvalue weighted by Crippen LogP contribution is -2.05. The van der Waals surface area contributed by atoms with Crippen LogP contribution in [0.1, 0.15) is 15.9 Å². The molecule has 116 valence electrons. The lowest BCUT2D eigenvalue weighted by molar-refractivity contribution is 0.0697. The molecule has 0 unspecified atom stereocenters. The number of carbonyl (C=O) groups is 1. The number of hydrogen-bond acceptors (Lipinski definition) is 5. The number of nitrogens with one attached hydrogen (secondary N) is 1. The number of carboxylic acids is 1. The van der Waals surface area contributed by atoms with Crippen molar-refractivity contribution in [3.05, 3.63) is 53.7 Å². The molecule has 2 N–H and O–H groups in total. The van der Waals surface area contributed by atoms with Crippen molar-refractivity contribution >= 4 is 11.7 Å². The minimum absolute atomic E-state index is 0.281. The second-order valence-electron chi connectivity index (χ2n) is 4.58. The molecule has 0 amide bonds. The third kappa shape index (κ3) is 4.75. The van der Waals surface area contributed by atoms with Crippen LogP contribution in [0.3, 0.4) is 0 Å². The minimum atomic E-state index is -0.923. The molecule has 2 aromatic rings. The van der Waals surface area contributed by atoms with E-state index in [-0.39, 0.29) is 5.56 Å². The molecule has 1 aromatic carbocycles. The third-order valence-electron chi connectivity index (χ3n) is 2.97. The summed E-state index contributed by atoms with van der Waals surface area (Å²) in [5.74, 6) is -0.374. The van der Waals surface area contributed by atoms with E-state index in [1.54, 1.807) is 43.6 Å². The Morgan fingerprint density at radius 3 is 2.55 bits per heavy atom. The summed E-state index contributed by atoms with van der Waals surface area (Å²) in [5, 5.41) is 12.1. The van der Waals surface area contributed by atoms with Gasteiger partial charge in [-0.25, -0.2) is 9.78 Å². The van der Waals surface area contributed by atoms with Crippen LogP contribution in [0.15, 0.2) is 42.6 Å². The van der Waals surface area contributed by atoms with Crippen LogP contribution < -0.4 is 10.1 Å². The highest BCUT2D eigenvalue weighted by Gasteiger charge is 2.02. The van der Waals surface area contributed by atoms with E-state index in [9.17, 15) is 4.79 Å². The number of hydrogen-bond donors (Lipinski definition) is 2. The van der Waals surface area contributed by atoms with Gasteiger partial charge in [-0.2, -0.15) is 0 Å². The topological polar surface area (TPSA) is 80.7 Å². The van der Waals surface area contributed by atoms with Gasteiger partial charge in [0, 0.05) is 19.7 Å². The predicted octanol–water partition coefficient (Wildman–Crippen LogP) is 2.42. The summed E-state index contributed by atoms with van der Waals surface area (Å²) in [6.07, 6.45) is 1.69. The fraction of sp³-hybridized carbons (Fsp3) is 0.250. The molecule has 1 heterocycles. The third-order valence-corrected chi connectivity index (χ3v) is 2.97. The molecule has 0 aliphatic rings. The molecule has 0 aliphatic heterocycles. The van der Waals surface area contributed by atoms with Gasteiger partial charge in [0.2, 0.25) is 5.88 Å². The first kappa shape index (κ1) is 15.8. The molecule has 0 bridgehead atoms. The van der Waals surface area contributed by atoms with Crippen LogP contribution in [0.5, 0.6) is 5.88 Å². The molecular formula is C16H18N2O4. The summed E-state index contributed by atoms with van der Waals surface area (Å²) in [7, 11) is 1.62. The van der Waals surface area contributed by atoms with Crippen molar-refractivity contribution in [3.63, 3.8) is 0 Å². The molecule has 6 nitrogen and oxygen atoms in total. The van der Waals surface area contributed by atoms with E-state index in [4.69, 9.17) is 14.6 Å². The number of benzene rings is 1. The highest BCUT2D eigenvalue weighted by molar-refractivity contribution is 5.87. The van der Waals surface area contributed by atoms with Crippen LogP contribution in [0, 0.1) is 0 Å². The maximum absolute atomic E-state index is 10.8. The van der Waals surface area contributed by atoms with Crippen LogP contribution in [-0.4, -0.2) is 36.4 Å². The van der Waals surface area contributed by atoms with Crippen molar-refractivity contribution < 1.29 is 19.4 Å². The fourth-order valence-electron chi connectivity index (χ4n) is 1.77. The summed E-state index contributed by atoms with van der Waals surface area (Å²) in [5.41, 5.74) is 2.13. The van der Waals surface area contributed by atoms with Crippen molar-refractivity contribution in [3.8, 4) is 5.88 Å². The number of aromatic carboxylic acids is 1. The van der Waals surface area contributed by atoms with Crippen molar-refractivity contribution in [1.82, 2.24) is 4.98 Å². The Morgan fingerprint density at radius 1 is 1.18 bits per heavy atom. The van der Waals surface area contributed by atoms with Crippen LogP contribution in [-0.2, 0) is 11.3 Å². The van der Waals surface area contributed by atoms with Crippen molar-refractivity contribution in [2.45, 2.75) is 6.54 Å². The second-order valence-corrected chi connectivity index (χ2v) is 4.58. The first-order valence-corrected chi connectivity index (χ1v) is 6.83. The molecule has 1 aromatic heterocycles. The van der Waals surface area contributed by atoms with E-state index in [0.717, 1.165) is 11.3 Å². The van der Waals surface area contributed by atoms with E-state index >= 15 is 0 Å². The van der Waals surface area contributed by atoms with Crippen LogP contribution in [0.25, 0.3) is 0 Å². The van der Waals surface area contributed by atoms with Crippen molar-refractivity contribution in [1.29, 1.82) is 0 Å². The first-order chi connectivity index (χ1) is 10.7. The van der Waals surface area contributed by atoms with Crippen LogP contribution >= 0.6 is 0 Å². The zero-order chi connectivity index (χ0) is 15.8. The van der Waals surface area contributed by atoms with Gasteiger partial charge in [0.1, 0.15) is 6.61 Å². The Balaban J connectivity index is 1.84. The Morgan fingerprint density at radius 2 is 1.95 bits per heavy atom. The Kier molecular flexibility index (Phi) is 5.73. The quantitative estimate of drug-likeness (QED) is 0.729. The second kappa shape index (κ2) is 7.99.